The van der Waals surface area contributed by atoms with Crippen molar-refractivity contribution in [2.75, 3.05) is 5.33 Å². The molecule has 0 N–H and O–H groups in total. The van der Waals surface area contributed by atoms with Gasteiger partial charge in [-0.25, -0.2) is 0 Å². The van der Waals surface area contributed by atoms with Crippen LogP contribution in [0.5, 0.6) is 0 Å². The van der Waals surface area contributed by atoms with Crippen molar-refractivity contribution in [2.24, 2.45) is 0 Å². The van der Waals surface area contributed by atoms with E-state index in [1.165, 1.54) is 9.13 Å². The molecule has 0 amide bonds. The van der Waals surface area contributed by atoms with Crippen molar-refractivity contribution in [1.29, 1.82) is 0 Å². The Kier molecular flexibility index (Phi) is 4.38. The Morgan fingerprint density at radius 2 is 2.23 bits per heavy atom. The number of carbonyl (C=O) groups is 1. The Labute approximate surface area is 100 Å². The maximum absolute atomic E-state index is 11.3. The van der Waals surface area contributed by atoms with Crippen LogP contribution in [0, 0.1) is 3.57 Å². The predicted octanol–water partition coefficient (Wildman–Crippen LogP) is 3.43. The average molecular weight is 353 g/mol. The smallest absolute Gasteiger partial charge is 0.173 e. The number of alkyl halides is 1. The van der Waals surface area contributed by atoms with E-state index in [1.54, 1.807) is 0 Å². The van der Waals surface area contributed by atoms with Crippen LogP contribution in [0.4, 0.5) is 0 Å². The summed E-state index contributed by atoms with van der Waals surface area (Å²) in [7, 11) is 0. The first-order valence-corrected chi connectivity index (χ1v) is 6.26. The maximum Gasteiger partial charge on any atom is 0.173 e. The van der Waals surface area contributed by atoms with Crippen LogP contribution in [-0.2, 0) is 6.42 Å². The third-order valence-electron chi connectivity index (χ3n) is 1.88. The number of halogens is 2. The second kappa shape index (κ2) is 5.10. The van der Waals surface area contributed by atoms with Crippen LogP contribution in [0.1, 0.15) is 22.8 Å². The summed E-state index contributed by atoms with van der Waals surface area (Å²) >= 11 is 5.43. The summed E-state index contributed by atoms with van der Waals surface area (Å²) in [4.78, 5) is 11.3. The molecule has 1 aromatic carbocycles. The predicted molar refractivity (Wildman–Crippen MR) is 66.7 cm³/mol. The number of benzene rings is 1. The summed E-state index contributed by atoms with van der Waals surface area (Å²) in [5, 5.41) is 0.397. The van der Waals surface area contributed by atoms with Gasteiger partial charge in [0, 0.05) is 9.13 Å². The Morgan fingerprint density at radius 1 is 1.54 bits per heavy atom. The van der Waals surface area contributed by atoms with Gasteiger partial charge in [0.1, 0.15) is 0 Å². The van der Waals surface area contributed by atoms with Gasteiger partial charge in [0.25, 0.3) is 0 Å². The van der Waals surface area contributed by atoms with Gasteiger partial charge in [-0.1, -0.05) is 35.0 Å². The average Bonchev–Trinajstić information content (AvgIpc) is 2.16. The fourth-order valence-corrected chi connectivity index (χ4v) is 2.31. The van der Waals surface area contributed by atoms with Gasteiger partial charge in [0.05, 0.1) is 5.33 Å². The molecule has 0 saturated carbocycles. The molecule has 0 aliphatic heterocycles. The second-order valence-corrected chi connectivity index (χ2v) is 4.44. The third-order valence-corrected chi connectivity index (χ3v) is 3.39. The van der Waals surface area contributed by atoms with Crippen molar-refractivity contribution in [3.8, 4) is 0 Å². The molecule has 0 saturated heterocycles. The van der Waals surface area contributed by atoms with E-state index in [1.807, 2.05) is 18.2 Å². The van der Waals surface area contributed by atoms with Crippen molar-refractivity contribution in [1.82, 2.24) is 0 Å². The lowest BCUT2D eigenvalue weighted by Gasteiger charge is -2.03. The lowest BCUT2D eigenvalue weighted by Crippen LogP contribution is -2.01. The van der Waals surface area contributed by atoms with Crippen LogP contribution in [0.25, 0.3) is 0 Å². The quantitative estimate of drug-likeness (QED) is 0.462. The summed E-state index contributed by atoms with van der Waals surface area (Å²) < 4.78 is 1.17. The molecular formula is C10H10BrIO. The molecular weight excluding hydrogens is 343 g/mol. The van der Waals surface area contributed by atoms with E-state index in [2.05, 4.69) is 45.4 Å². The lowest BCUT2D eigenvalue weighted by molar-refractivity contribution is 0.102. The van der Waals surface area contributed by atoms with Gasteiger partial charge in [-0.05, 0) is 40.6 Å². The van der Waals surface area contributed by atoms with E-state index in [-0.39, 0.29) is 5.78 Å². The highest BCUT2D eigenvalue weighted by atomic mass is 127. The Morgan fingerprint density at radius 3 is 2.69 bits per heavy atom. The molecule has 0 unspecified atom stereocenters. The molecule has 3 heteroatoms. The summed E-state index contributed by atoms with van der Waals surface area (Å²) in [6.07, 6.45) is 1.01. The van der Waals surface area contributed by atoms with Crippen molar-refractivity contribution >= 4 is 44.3 Å². The lowest BCUT2D eigenvalue weighted by atomic mass is 10.1. The minimum Gasteiger partial charge on any atom is -0.293 e. The van der Waals surface area contributed by atoms with Gasteiger partial charge in [0.2, 0.25) is 0 Å². The van der Waals surface area contributed by atoms with Gasteiger partial charge in [-0.15, -0.1) is 0 Å². The first-order chi connectivity index (χ1) is 6.19. The van der Waals surface area contributed by atoms with Crippen LogP contribution in [0.15, 0.2) is 18.2 Å². The SMILES string of the molecule is CCc1ccc(C(=O)CBr)cc1I. The summed E-state index contributed by atoms with van der Waals surface area (Å²) in [5.74, 6) is 0.139. The Balaban J connectivity index is 3.02. The molecule has 1 nitrogen and oxygen atoms in total. The van der Waals surface area contributed by atoms with Gasteiger partial charge < -0.3 is 0 Å². The molecule has 0 spiro atoms. The minimum absolute atomic E-state index is 0.139. The number of Topliss-reactive ketones (excluding diaryl/α,β-unsaturated/α-hetero) is 1. The van der Waals surface area contributed by atoms with E-state index in [9.17, 15) is 4.79 Å². The summed E-state index contributed by atoms with van der Waals surface area (Å²) in [5.41, 5.74) is 2.09. The zero-order valence-electron chi connectivity index (χ0n) is 7.31. The van der Waals surface area contributed by atoms with E-state index >= 15 is 0 Å². The standard InChI is InChI=1S/C10H10BrIO/c1-2-7-3-4-8(5-9(7)12)10(13)6-11/h3-5H,2,6H2,1H3. The highest BCUT2D eigenvalue weighted by Crippen LogP contribution is 2.15. The number of hydrogen-bond acceptors (Lipinski definition) is 1. The largest absolute Gasteiger partial charge is 0.293 e. The van der Waals surface area contributed by atoms with Crippen molar-refractivity contribution in [3.63, 3.8) is 0 Å². The van der Waals surface area contributed by atoms with Gasteiger partial charge in [-0.2, -0.15) is 0 Å². The Hall–Kier alpha value is 0.1000. The van der Waals surface area contributed by atoms with Crippen LogP contribution in [-0.4, -0.2) is 11.1 Å². The molecule has 0 aromatic heterocycles. The molecule has 0 bridgehead atoms. The van der Waals surface area contributed by atoms with E-state index in [0.717, 1.165) is 12.0 Å². The zero-order chi connectivity index (χ0) is 9.84. The van der Waals surface area contributed by atoms with Crippen molar-refractivity contribution in [2.45, 2.75) is 13.3 Å². The fourth-order valence-electron chi connectivity index (χ4n) is 1.08. The first-order valence-electron chi connectivity index (χ1n) is 4.06. The van der Waals surface area contributed by atoms with Gasteiger partial charge >= 0.3 is 0 Å². The maximum atomic E-state index is 11.3. The molecule has 1 aromatic rings. The van der Waals surface area contributed by atoms with Crippen LogP contribution >= 0.6 is 38.5 Å². The normalized spacial score (nSPS) is 10.1. The highest BCUT2D eigenvalue weighted by Gasteiger charge is 2.05. The number of aryl methyl sites for hydroxylation is 1. The van der Waals surface area contributed by atoms with Crippen LogP contribution < -0.4 is 0 Å². The summed E-state index contributed by atoms with van der Waals surface area (Å²) in [6.45, 7) is 2.11. The topological polar surface area (TPSA) is 17.1 Å². The van der Waals surface area contributed by atoms with Gasteiger partial charge in [-0.3, -0.25) is 4.79 Å². The number of ketones is 1. The van der Waals surface area contributed by atoms with Gasteiger partial charge in [0.15, 0.2) is 5.78 Å². The highest BCUT2D eigenvalue weighted by molar-refractivity contribution is 14.1. The molecule has 0 aliphatic rings. The van der Waals surface area contributed by atoms with E-state index in [0.29, 0.717) is 5.33 Å². The molecule has 0 radical (unpaired) electrons. The molecule has 0 atom stereocenters. The second-order valence-electron chi connectivity index (χ2n) is 2.72. The van der Waals surface area contributed by atoms with Crippen molar-refractivity contribution in [3.05, 3.63) is 32.9 Å². The number of carbonyl (C=O) groups excluding carboxylic acids is 1. The zero-order valence-corrected chi connectivity index (χ0v) is 11.1. The monoisotopic (exact) mass is 352 g/mol. The molecule has 13 heavy (non-hydrogen) atoms. The summed E-state index contributed by atoms with van der Waals surface area (Å²) in [6, 6.07) is 5.87. The molecule has 0 fully saturated rings. The van der Waals surface area contributed by atoms with Crippen molar-refractivity contribution < 1.29 is 4.79 Å². The third kappa shape index (κ3) is 2.77. The number of hydrogen-bond donors (Lipinski definition) is 0. The number of rotatable bonds is 3. The minimum atomic E-state index is 0.139. The van der Waals surface area contributed by atoms with Crippen LogP contribution in [0.2, 0.25) is 0 Å². The van der Waals surface area contributed by atoms with Crippen LogP contribution in [0.3, 0.4) is 0 Å². The molecule has 70 valence electrons. The molecule has 0 aliphatic carbocycles. The first kappa shape index (κ1) is 11.2. The molecule has 0 heterocycles. The Bertz CT molecular complexity index is 323. The van der Waals surface area contributed by atoms with E-state index < -0.39 is 0 Å². The van der Waals surface area contributed by atoms with E-state index in [4.69, 9.17) is 0 Å². The fraction of sp³-hybridized carbons (Fsp3) is 0.300. The molecule has 1 rings (SSSR count).